The molecule has 0 atom stereocenters. The van der Waals surface area contributed by atoms with Gasteiger partial charge in [0.1, 0.15) is 0 Å². The molecule has 2 amide bonds. The topological polar surface area (TPSA) is 53.5 Å². The fourth-order valence-corrected chi connectivity index (χ4v) is 2.57. The minimum atomic E-state index is -0.473. The number of carbonyl (C=O) groups is 1. The number of urea groups is 1. The van der Waals surface area contributed by atoms with Crippen molar-refractivity contribution in [2.45, 2.75) is 4.90 Å². The highest BCUT2D eigenvalue weighted by molar-refractivity contribution is 7.98. The Morgan fingerprint density at radius 2 is 1.68 bits per heavy atom. The van der Waals surface area contributed by atoms with Crippen molar-refractivity contribution in [1.82, 2.24) is 10.1 Å². The van der Waals surface area contributed by atoms with Crippen LogP contribution >= 0.6 is 46.8 Å². The van der Waals surface area contributed by atoms with Crippen molar-refractivity contribution in [2.75, 3.05) is 0 Å². The standard InChI is InChI=1S/C14H10Cl3N3OS/c15-9-4-6-10(7-5-9)22-20-14(21)19-18-8-11-12(16)2-1-3-13(11)17/h1-8H,(H2,19,20,21)/b18-8+. The lowest BCUT2D eigenvalue weighted by Crippen LogP contribution is -2.27. The number of nitrogens with one attached hydrogen (secondary N) is 2. The smallest absolute Gasteiger partial charge is 0.276 e. The minimum absolute atomic E-state index is 0.453. The molecule has 0 spiro atoms. The molecule has 2 aromatic rings. The van der Waals surface area contributed by atoms with Crippen LogP contribution in [-0.2, 0) is 0 Å². The first-order chi connectivity index (χ1) is 10.6. The van der Waals surface area contributed by atoms with E-state index in [-0.39, 0.29) is 0 Å². The minimum Gasteiger partial charge on any atom is -0.276 e. The van der Waals surface area contributed by atoms with Gasteiger partial charge in [-0.15, -0.1) is 0 Å². The molecule has 2 aromatic carbocycles. The molecule has 0 aliphatic heterocycles. The van der Waals surface area contributed by atoms with E-state index in [9.17, 15) is 4.79 Å². The van der Waals surface area contributed by atoms with Crippen LogP contribution in [-0.4, -0.2) is 12.2 Å². The van der Waals surface area contributed by atoms with Gasteiger partial charge < -0.3 is 0 Å². The van der Waals surface area contributed by atoms with E-state index >= 15 is 0 Å². The molecule has 22 heavy (non-hydrogen) atoms. The van der Waals surface area contributed by atoms with E-state index in [4.69, 9.17) is 34.8 Å². The Balaban J connectivity index is 1.85. The maximum Gasteiger partial charge on any atom is 0.345 e. The summed E-state index contributed by atoms with van der Waals surface area (Å²) < 4.78 is 2.58. The van der Waals surface area contributed by atoms with E-state index in [0.717, 1.165) is 16.8 Å². The average Bonchev–Trinajstić information content (AvgIpc) is 2.50. The van der Waals surface area contributed by atoms with Gasteiger partial charge in [0, 0.05) is 15.5 Å². The normalized spacial score (nSPS) is 10.7. The molecule has 0 saturated carbocycles. The highest BCUT2D eigenvalue weighted by atomic mass is 35.5. The van der Waals surface area contributed by atoms with Crippen LogP contribution in [0, 0.1) is 0 Å². The number of benzene rings is 2. The summed E-state index contributed by atoms with van der Waals surface area (Å²) in [7, 11) is 0. The number of halogens is 3. The van der Waals surface area contributed by atoms with Crippen LogP contribution in [0.5, 0.6) is 0 Å². The number of amides is 2. The first-order valence-corrected chi connectivity index (χ1v) is 7.97. The lowest BCUT2D eigenvalue weighted by Gasteiger charge is -2.04. The van der Waals surface area contributed by atoms with Crippen molar-refractivity contribution < 1.29 is 4.79 Å². The van der Waals surface area contributed by atoms with Gasteiger partial charge in [0.05, 0.1) is 16.3 Å². The molecular formula is C14H10Cl3N3OS. The third-order valence-electron chi connectivity index (χ3n) is 2.43. The molecule has 2 N–H and O–H groups in total. The number of carbonyl (C=O) groups excluding carboxylic acids is 1. The predicted molar refractivity (Wildman–Crippen MR) is 93.0 cm³/mol. The monoisotopic (exact) mass is 373 g/mol. The molecule has 8 heteroatoms. The van der Waals surface area contributed by atoms with E-state index in [1.165, 1.54) is 6.21 Å². The van der Waals surface area contributed by atoms with Crippen LogP contribution in [0.1, 0.15) is 5.56 Å². The maximum absolute atomic E-state index is 11.6. The lowest BCUT2D eigenvalue weighted by molar-refractivity contribution is 0.247. The Labute approximate surface area is 147 Å². The van der Waals surface area contributed by atoms with E-state index in [1.807, 2.05) is 0 Å². The molecule has 0 fully saturated rings. The Hall–Kier alpha value is -1.40. The second-order valence-electron chi connectivity index (χ2n) is 3.99. The van der Waals surface area contributed by atoms with Gasteiger partial charge in [0.15, 0.2) is 0 Å². The molecule has 2 rings (SSSR count). The van der Waals surface area contributed by atoms with Gasteiger partial charge in [-0.1, -0.05) is 40.9 Å². The number of rotatable bonds is 4. The summed E-state index contributed by atoms with van der Waals surface area (Å²) >= 11 is 18.9. The van der Waals surface area contributed by atoms with E-state index in [1.54, 1.807) is 42.5 Å². The summed E-state index contributed by atoms with van der Waals surface area (Å²) in [6.07, 6.45) is 1.39. The summed E-state index contributed by atoms with van der Waals surface area (Å²) in [5.41, 5.74) is 2.86. The van der Waals surface area contributed by atoms with Crippen molar-refractivity contribution in [3.63, 3.8) is 0 Å². The second kappa shape index (κ2) is 8.29. The van der Waals surface area contributed by atoms with E-state index in [0.29, 0.717) is 20.6 Å². The Morgan fingerprint density at radius 3 is 2.32 bits per heavy atom. The van der Waals surface area contributed by atoms with Gasteiger partial charge >= 0.3 is 6.03 Å². The Bertz CT molecular complexity index is 672. The molecule has 4 nitrogen and oxygen atoms in total. The van der Waals surface area contributed by atoms with Gasteiger partial charge in [-0.2, -0.15) is 5.10 Å². The highest BCUT2D eigenvalue weighted by Gasteiger charge is 2.03. The highest BCUT2D eigenvalue weighted by Crippen LogP contribution is 2.22. The van der Waals surface area contributed by atoms with Crippen LogP contribution in [0.15, 0.2) is 52.5 Å². The van der Waals surface area contributed by atoms with Gasteiger partial charge in [-0.3, -0.25) is 4.72 Å². The molecule has 0 saturated heterocycles. The SMILES string of the molecule is O=C(N/N=C/c1c(Cl)cccc1Cl)NSc1ccc(Cl)cc1. The third-order valence-corrected chi connectivity index (χ3v) is 4.14. The number of nitrogens with zero attached hydrogens (tertiary/aromatic N) is 1. The second-order valence-corrected chi connectivity index (χ2v) is 6.12. The summed E-state index contributed by atoms with van der Waals surface area (Å²) in [6, 6.07) is 11.7. The third kappa shape index (κ3) is 5.10. The molecular weight excluding hydrogens is 365 g/mol. The summed E-state index contributed by atoms with van der Waals surface area (Å²) in [4.78, 5) is 12.4. The molecule has 0 radical (unpaired) electrons. The zero-order valence-corrected chi connectivity index (χ0v) is 14.1. The summed E-state index contributed by atoms with van der Waals surface area (Å²) in [5, 5.41) is 5.34. The number of hydrazone groups is 1. The van der Waals surface area contributed by atoms with Crippen LogP contribution in [0.4, 0.5) is 4.79 Å². The van der Waals surface area contributed by atoms with Crippen molar-refractivity contribution in [3.05, 3.63) is 63.1 Å². The molecule has 0 aromatic heterocycles. The zero-order chi connectivity index (χ0) is 15.9. The Kier molecular flexibility index (Phi) is 6.39. The van der Waals surface area contributed by atoms with E-state index in [2.05, 4.69) is 15.2 Å². The number of hydrogen-bond acceptors (Lipinski definition) is 3. The quantitative estimate of drug-likeness (QED) is 0.450. The fourth-order valence-electron chi connectivity index (χ4n) is 1.42. The van der Waals surface area contributed by atoms with Gasteiger partial charge in [-0.25, -0.2) is 10.2 Å². The average molecular weight is 375 g/mol. The first kappa shape index (κ1) is 17.0. The van der Waals surface area contributed by atoms with Crippen LogP contribution in [0.25, 0.3) is 0 Å². The maximum atomic E-state index is 11.6. The molecule has 0 bridgehead atoms. The molecule has 0 aliphatic rings. The Morgan fingerprint density at radius 1 is 1.05 bits per heavy atom. The van der Waals surface area contributed by atoms with Crippen molar-refractivity contribution in [3.8, 4) is 0 Å². The van der Waals surface area contributed by atoms with E-state index < -0.39 is 6.03 Å². The molecule has 0 unspecified atom stereocenters. The van der Waals surface area contributed by atoms with Crippen molar-refractivity contribution in [2.24, 2.45) is 5.10 Å². The van der Waals surface area contributed by atoms with Gasteiger partial charge in [-0.05, 0) is 48.3 Å². The first-order valence-electron chi connectivity index (χ1n) is 6.02. The van der Waals surface area contributed by atoms with Crippen molar-refractivity contribution in [1.29, 1.82) is 0 Å². The molecule has 0 heterocycles. The largest absolute Gasteiger partial charge is 0.345 e. The summed E-state index contributed by atoms with van der Waals surface area (Å²) in [6.45, 7) is 0. The molecule has 0 aliphatic carbocycles. The summed E-state index contributed by atoms with van der Waals surface area (Å²) in [5.74, 6) is 0. The van der Waals surface area contributed by atoms with Crippen LogP contribution < -0.4 is 10.1 Å². The van der Waals surface area contributed by atoms with Gasteiger partial charge in [0.25, 0.3) is 0 Å². The molecule has 114 valence electrons. The zero-order valence-electron chi connectivity index (χ0n) is 11.0. The lowest BCUT2D eigenvalue weighted by atomic mass is 10.2. The number of hydrogen-bond donors (Lipinski definition) is 2. The van der Waals surface area contributed by atoms with Gasteiger partial charge in [0.2, 0.25) is 0 Å². The fraction of sp³-hybridized carbons (Fsp3) is 0. The predicted octanol–water partition coefficient (Wildman–Crippen LogP) is 4.99. The van der Waals surface area contributed by atoms with Crippen LogP contribution in [0.2, 0.25) is 15.1 Å². The van der Waals surface area contributed by atoms with Crippen LogP contribution in [0.3, 0.4) is 0 Å². The van der Waals surface area contributed by atoms with Crippen molar-refractivity contribution >= 4 is 59.0 Å².